The van der Waals surface area contributed by atoms with Crippen molar-refractivity contribution in [3.63, 3.8) is 0 Å². The van der Waals surface area contributed by atoms with Gasteiger partial charge in [0.25, 0.3) is 0 Å². The zero-order valence-corrected chi connectivity index (χ0v) is 12.0. The van der Waals surface area contributed by atoms with E-state index in [2.05, 4.69) is 23.9 Å². The molecule has 0 spiro atoms. The monoisotopic (exact) mass is 252 g/mol. The number of quaternary nitrogens is 2. The predicted octanol–water partition coefficient (Wildman–Crippen LogP) is -0.0296. The minimum atomic E-state index is 0.784. The second-order valence-corrected chi connectivity index (χ2v) is 7.46. The van der Waals surface area contributed by atoms with Crippen LogP contribution in [0.1, 0.15) is 12.8 Å². The lowest BCUT2D eigenvalue weighted by Gasteiger charge is -2.65. The van der Waals surface area contributed by atoms with E-state index in [0.29, 0.717) is 0 Å². The molecular weight excluding hydrogens is 224 g/mol. The summed E-state index contributed by atoms with van der Waals surface area (Å²) in [6, 6.07) is 0. The summed E-state index contributed by atoms with van der Waals surface area (Å²) in [7, 11) is 5.05. The Morgan fingerprint density at radius 1 is 0.667 bits per heavy atom. The fourth-order valence-corrected chi connectivity index (χ4v) is 5.30. The van der Waals surface area contributed by atoms with Gasteiger partial charge in [-0.25, -0.2) is 9.80 Å². The summed E-state index contributed by atoms with van der Waals surface area (Å²) in [4.78, 5) is 5.65. The largest absolute Gasteiger partial charge is 0.304 e. The molecule has 4 atom stereocenters. The van der Waals surface area contributed by atoms with Crippen LogP contribution in [0, 0.1) is 0 Å². The lowest BCUT2D eigenvalue weighted by atomic mass is 9.96. The van der Waals surface area contributed by atoms with Gasteiger partial charge in [0.15, 0.2) is 0 Å². The summed E-state index contributed by atoms with van der Waals surface area (Å²) < 4.78 is 2.66. The Morgan fingerprint density at radius 3 is 1.56 bits per heavy atom. The van der Waals surface area contributed by atoms with E-state index in [1.165, 1.54) is 74.2 Å². The molecule has 4 aliphatic heterocycles. The number of nitrogens with zero attached hydrogens (tertiary/aromatic N) is 4. The Bertz CT molecular complexity index is 326. The standard InChI is InChI=1S/C14H28N4/c1-17-9-3-5-15-8-12-18(2)10-4-6-16(7-11-17)14(18)13(15)17/h13-14H,3-12H2,1-2H3/q+2/t13-,14?,17?,18?/m1/s1. The molecule has 4 heterocycles. The van der Waals surface area contributed by atoms with Gasteiger partial charge >= 0.3 is 0 Å². The van der Waals surface area contributed by atoms with Gasteiger partial charge in [-0.15, -0.1) is 0 Å². The van der Waals surface area contributed by atoms with Crippen molar-refractivity contribution in [3.8, 4) is 0 Å². The van der Waals surface area contributed by atoms with Crippen molar-refractivity contribution in [1.82, 2.24) is 9.80 Å². The molecule has 18 heavy (non-hydrogen) atoms. The maximum atomic E-state index is 2.83. The number of hydrogen-bond acceptors (Lipinski definition) is 2. The van der Waals surface area contributed by atoms with Crippen LogP contribution in [0.5, 0.6) is 0 Å². The first-order valence-corrected chi connectivity index (χ1v) is 7.79. The van der Waals surface area contributed by atoms with Crippen LogP contribution in [0.15, 0.2) is 0 Å². The molecule has 0 radical (unpaired) electrons. The first-order chi connectivity index (χ1) is 8.62. The van der Waals surface area contributed by atoms with Gasteiger partial charge in [-0.1, -0.05) is 0 Å². The molecule has 0 aromatic heterocycles. The third-order valence-corrected chi connectivity index (χ3v) is 6.32. The Kier molecular flexibility index (Phi) is 2.39. The number of piperazine rings is 2. The van der Waals surface area contributed by atoms with E-state index in [4.69, 9.17) is 0 Å². The average Bonchev–Trinajstić information content (AvgIpc) is 2.36. The molecule has 4 heteroatoms. The second-order valence-electron chi connectivity index (χ2n) is 7.46. The quantitative estimate of drug-likeness (QED) is 0.559. The van der Waals surface area contributed by atoms with E-state index in [0.717, 1.165) is 12.3 Å². The van der Waals surface area contributed by atoms with Crippen LogP contribution >= 0.6 is 0 Å². The van der Waals surface area contributed by atoms with E-state index in [9.17, 15) is 0 Å². The summed E-state index contributed by atoms with van der Waals surface area (Å²) in [5, 5.41) is 0. The summed E-state index contributed by atoms with van der Waals surface area (Å²) in [5.41, 5.74) is 0. The number of rotatable bonds is 0. The molecule has 102 valence electrons. The van der Waals surface area contributed by atoms with Crippen LogP contribution in [-0.2, 0) is 0 Å². The van der Waals surface area contributed by atoms with Gasteiger partial charge < -0.3 is 8.97 Å². The van der Waals surface area contributed by atoms with Crippen molar-refractivity contribution in [2.24, 2.45) is 0 Å². The molecule has 0 saturated carbocycles. The van der Waals surface area contributed by atoms with Gasteiger partial charge in [0.2, 0.25) is 12.3 Å². The van der Waals surface area contributed by atoms with Crippen molar-refractivity contribution in [1.29, 1.82) is 0 Å². The normalized spacial score (nSPS) is 53.0. The van der Waals surface area contributed by atoms with Crippen LogP contribution in [0.25, 0.3) is 0 Å². The molecule has 4 rings (SSSR count). The molecule has 0 aromatic rings. The van der Waals surface area contributed by atoms with Gasteiger partial charge in [-0.3, -0.25) is 0 Å². The SMILES string of the molecule is C[N+]12CCCN3CC[N+]4(C)CCCN(CC1)[C@H]4C32. The predicted molar refractivity (Wildman–Crippen MR) is 71.8 cm³/mol. The second kappa shape index (κ2) is 3.69. The fraction of sp³-hybridized carbons (Fsp3) is 1.00. The summed E-state index contributed by atoms with van der Waals surface area (Å²) in [5.74, 6) is 0. The van der Waals surface area contributed by atoms with Crippen LogP contribution < -0.4 is 0 Å². The highest BCUT2D eigenvalue weighted by molar-refractivity contribution is 4.87. The Labute approximate surface area is 111 Å². The van der Waals surface area contributed by atoms with Crippen molar-refractivity contribution in [3.05, 3.63) is 0 Å². The zero-order valence-electron chi connectivity index (χ0n) is 12.0. The Balaban J connectivity index is 1.76. The Hall–Kier alpha value is -0.160. The van der Waals surface area contributed by atoms with E-state index in [-0.39, 0.29) is 0 Å². The third kappa shape index (κ3) is 1.40. The molecular formula is C14H28N4+2. The third-order valence-electron chi connectivity index (χ3n) is 6.32. The van der Waals surface area contributed by atoms with Crippen LogP contribution in [-0.4, -0.2) is 97.6 Å². The molecule has 0 aromatic carbocycles. The minimum absolute atomic E-state index is 0.784. The molecule has 4 fully saturated rings. The smallest absolute Gasteiger partial charge is 0.213 e. The zero-order chi connectivity index (χ0) is 12.4. The van der Waals surface area contributed by atoms with Gasteiger partial charge in [0.1, 0.15) is 0 Å². The summed E-state index contributed by atoms with van der Waals surface area (Å²) >= 11 is 0. The molecule has 0 aliphatic carbocycles. The fourth-order valence-electron chi connectivity index (χ4n) is 5.30. The first-order valence-electron chi connectivity index (χ1n) is 7.79. The van der Waals surface area contributed by atoms with Crippen LogP contribution in [0.4, 0.5) is 0 Å². The Morgan fingerprint density at radius 2 is 1.11 bits per heavy atom. The molecule has 0 amide bonds. The highest BCUT2D eigenvalue weighted by atomic mass is 15.6. The lowest BCUT2D eigenvalue weighted by molar-refractivity contribution is -1.04. The van der Waals surface area contributed by atoms with E-state index in [1.807, 2.05) is 0 Å². The highest BCUT2D eigenvalue weighted by Crippen LogP contribution is 2.39. The van der Waals surface area contributed by atoms with E-state index in [1.54, 1.807) is 0 Å². The molecule has 4 saturated heterocycles. The summed E-state index contributed by atoms with van der Waals surface area (Å²) in [6.45, 7) is 10.9. The topological polar surface area (TPSA) is 6.48 Å². The van der Waals surface area contributed by atoms with Gasteiger partial charge in [-0.05, 0) is 0 Å². The number of likely N-dealkylation sites (N-methyl/N-ethyl adjacent to an activating group) is 2. The molecule has 4 aliphatic rings. The average molecular weight is 252 g/mol. The van der Waals surface area contributed by atoms with Gasteiger partial charge in [0, 0.05) is 25.9 Å². The lowest BCUT2D eigenvalue weighted by Crippen LogP contribution is -2.86. The first kappa shape index (κ1) is 11.6. The highest BCUT2D eigenvalue weighted by Gasteiger charge is 2.61. The molecule has 3 unspecified atom stereocenters. The molecule has 0 N–H and O–H groups in total. The summed E-state index contributed by atoms with van der Waals surface area (Å²) in [6.07, 6.45) is 4.38. The van der Waals surface area contributed by atoms with Crippen molar-refractivity contribution >= 4 is 0 Å². The number of hydrogen-bond donors (Lipinski definition) is 0. The van der Waals surface area contributed by atoms with E-state index >= 15 is 0 Å². The van der Waals surface area contributed by atoms with Crippen molar-refractivity contribution in [2.45, 2.75) is 25.2 Å². The van der Waals surface area contributed by atoms with Gasteiger partial charge in [0.05, 0.1) is 53.4 Å². The van der Waals surface area contributed by atoms with Crippen molar-refractivity contribution in [2.75, 3.05) is 66.5 Å². The van der Waals surface area contributed by atoms with Gasteiger partial charge in [-0.2, -0.15) is 0 Å². The molecule has 4 nitrogen and oxygen atoms in total. The maximum absolute atomic E-state index is 2.83. The minimum Gasteiger partial charge on any atom is -0.304 e. The van der Waals surface area contributed by atoms with Crippen LogP contribution in [0.2, 0.25) is 0 Å². The van der Waals surface area contributed by atoms with Crippen LogP contribution in [0.3, 0.4) is 0 Å². The van der Waals surface area contributed by atoms with Crippen molar-refractivity contribution < 1.29 is 8.97 Å². The van der Waals surface area contributed by atoms with E-state index < -0.39 is 0 Å². The molecule has 0 bridgehead atoms. The maximum Gasteiger partial charge on any atom is 0.213 e.